The Morgan fingerprint density at radius 1 is 1.29 bits per heavy atom. The van der Waals surface area contributed by atoms with E-state index in [2.05, 4.69) is 17.4 Å². The maximum Gasteiger partial charge on any atom is 0.330 e. The third-order valence-electron chi connectivity index (χ3n) is 1.67. The molecule has 0 radical (unpaired) electrons. The summed E-state index contributed by atoms with van der Waals surface area (Å²) in [5.41, 5.74) is 0. The highest BCUT2D eigenvalue weighted by atomic mass is 16.5. The van der Waals surface area contributed by atoms with Gasteiger partial charge in [-0.2, -0.15) is 0 Å². The Kier molecular flexibility index (Phi) is 8.86. The predicted octanol–water partition coefficient (Wildman–Crippen LogP) is 3.02. The predicted molar refractivity (Wildman–Crippen MR) is 59.0 cm³/mol. The van der Waals surface area contributed by atoms with Gasteiger partial charge in [-0.15, -0.1) is 6.58 Å². The largest absolute Gasteiger partial charge is 0.466 e. The second-order valence-electron chi connectivity index (χ2n) is 2.85. The molecule has 0 atom stereocenters. The monoisotopic (exact) mass is 194 g/mol. The Labute approximate surface area is 86.0 Å². The molecule has 0 fully saturated rings. The van der Waals surface area contributed by atoms with Crippen molar-refractivity contribution in [2.45, 2.75) is 25.7 Å². The molecular weight excluding hydrogens is 176 g/mol. The summed E-state index contributed by atoms with van der Waals surface area (Å²) in [5.74, 6) is -0.301. The minimum absolute atomic E-state index is 0.301. The van der Waals surface area contributed by atoms with Gasteiger partial charge in [-0.05, 0) is 25.7 Å². The molecule has 78 valence electrons. The van der Waals surface area contributed by atoms with E-state index in [4.69, 9.17) is 0 Å². The Bertz CT molecular complexity index is 214. The zero-order valence-electron chi connectivity index (χ0n) is 8.74. The number of carbonyl (C=O) groups is 1. The second kappa shape index (κ2) is 9.78. The van der Waals surface area contributed by atoms with Crippen LogP contribution in [0.2, 0.25) is 0 Å². The van der Waals surface area contributed by atoms with Gasteiger partial charge in [0.1, 0.15) is 0 Å². The van der Waals surface area contributed by atoms with Crippen molar-refractivity contribution in [3.63, 3.8) is 0 Å². The van der Waals surface area contributed by atoms with Gasteiger partial charge in [0.15, 0.2) is 0 Å². The first-order chi connectivity index (χ1) is 6.81. The van der Waals surface area contributed by atoms with Gasteiger partial charge in [-0.1, -0.05) is 24.3 Å². The van der Waals surface area contributed by atoms with E-state index in [-0.39, 0.29) is 5.97 Å². The number of methoxy groups -OCH3 is 1. The van der Waals surface area contributed by atoms with Crippen LogP contribution in [0.15, 0.2) is 37.0 Å². The van der Waals surface area contributed by atoms with Crippen molar-refractivity contribution in [3.05, 3.63) is 37.0 Å². The van der Waals surface area contributed by atoms with E-state index in [1.807, 2.05) is 12.2 Å². The summed E-state index contributed by atoms with van der Waals surface area (Å²) in [5, 5.41) is 0. The minimum Gasteiger partial charge on any atom is -0.466 e. The Balaban J connectivity index is 3.38. The number of hydrogen-bond donors (Lipinski definition) is 0. The Hall–Kier alpha value is -1.31. The molecular formula is C12H18O2. The third-order valence-corrected chi connectivity index (χ3v) is 1.67. The van der Waals surface area contributed by atoms with Gasteiger partial charge in [-0.25, -0.2) is 4.79 Å². The van der Waals surface area contributed by atoms with Gasteiger partial charge in [0, 0.05) is 6.08 Å². The van der Waals surface area contributed by atoms with Gasteiger partial charge in [0.2, 0.25) is 0 Å². The van der Waals surface area contributed by atoms with Crippen molar-refractivity contribution in [3.8, 4) is 0 Å². The first kappa shape index (κ1) is 12.7. The maximum absolute atomic E-state index is 10.6. The summed E-state index contributed by atoms with van der Waals surface area (Å²) in [6, 6.07) is 0. The van der Waals surface area contributed by atoms with Crippen molar-refractivity contribution in [1.82, 2.24) is 0 Å². The number of rotatable bonds is 7. The summed E-state index contributed by atoms with van der Waals surface area (Å²) < 4.78 is 4.45. The van der Waals surface area contributed by atoms with Gasteiger partial charge in [0.05, 0.1) is 7.11 Å². The van der Waals surface area contributed by atoms with Crippen LogP contribution in [0.25, 0.3) is 0 Å². The smallest absolute Gasteiger partial charge is 0.330 e. The van der Waals surface area contributed by atoms with Gasteiger partial charge in [-0.3, -0.25) is 0 Å². The van der Waals surface area contributed by atoms with Crippen molar-refractivity contribution in [2.24, 2.45) is 0 Å². The van der Waals surface area contributed by atoms with Crippen LogP contribution in [-0.4, -0.2) is 13.1 Å². The molecule has 0 spiro atoms. The molecule has 0 N–H and O–H groups in total. The zero-order chi connectivity index (χ0) is 10.6. The molecule has 0 saturated carbocycles. The average Bonchev–Trinajstić information content (AvgIpc) is 2.21. The fourth-order valence-electron chi connectivity index (χ4n) is 0.905. The fraction of sp³-hybridized carbons (Fsp3) is 0.417. The molecule has 2 nitrogen and oxygen atoms in total. The lowest BCUT2D eigenvalue weighted by molar-refractivity contribution is -0.134. The molecule has 0 bridgehead atoms. The summed E-state index contributed by atoms with van der Waals surface area (Å²) >= 11 is 0. The molecule has 0 aromatic rings. The molecule has 0 saturated heterocycles. The lowest BCUT2D eigenvalue weighted by Gasteiger charge is -1.89. The molecule has 2 heteroatoms. The van der Waals surface area contributed by atoms with E-state index in [9.17, 15) is 4.79 Å². The first-order valence-corrected chi connectivity index (χ1v) is 4.81. The van der Waals surface area contributed by atoms with Crippen molar-refractivity contribution < 1.29 is 9.53 Å². The second-order valence-corrected chi connectivity index (χ2v) is 2.85. The molecule has 0 rings (SSSR count). The highest BCUT2D eigenvalue weighted by Crippen LogP contribution is 1.98. The van der Waals surface area contributed by atoms with Crippen LogP contribution in [-0.2, 0) is 9.53 Å². The molecule has 0 unspecified atom stereocenters. The standard InChI is InChI=1S/C12H18O2/c1-3-4-5-6-7-8-9-10-11-12(13)14-2/h3,7-8,10-11H,1,4-6,9H2,2H3/b8-7?,11-10+. The first-order valence-electron chi connectivity index (χ1n) is 4.81. The molecule has 0 aliphatic heterocycles. The molecule has 0 aliphatic carbocycles. The van der Waals surface area contributed by atoms with Crippen molar-refractivity contribution >= 4 is 5.97 Å². The van der Waals surface area contributed by atoms with Crippen LogP contribution >= 0.6 is 0 Å². The molecule has 0 aliphatic rings. The molecule has 0 amide bonds. The van der Waals surface area contributed by atoms with E-state index in [1.165, 1.54) is 13.2 Å². The quantitative estimate of drug-likeness (QED) is 0.269. The average molecular weight is 194 g/mol. The van der Waals surface area contributed by atoms with Crippen LogP contribution in [0.3, 0.4) is 0 Å². The third kappa shape index (κ3) is 8.78. The topological polar surface area (TPSA) is 26.3 Å². The number of carbonyl (C=O) groups excluding carboxylic acids is 1. The lowest BCUT2D eigenvalue weighted by Crippen LogP contribution is -1.92. The zero-order valence-corrected chi connectivity index (χ0v) is 8.74. The molecule has 0 aromatic carbocycles. The van der Waals surface area contributed by atoms with Gasteiger partial charge >= 0.3 is 5.97 Å². The summed E-state index contributed by atoms with van der Waals surface area (Å²) in [6.07, 6.45) is 13.4. The molecule has 0 heterocycles. The molecule has 14 heavy (non-hydrogen) atoms. The molecule has 0 aromatic heterocycles. The Morgan fingerprint density at radius 2 is 2.07 bits per heavy atom. The maximum atomic E-state index is 10.6. The number of hydrogen-bond acceptors (Lipinski definition) is 2. The lowest BCUT2D eigenvalue weighted by atomic mass is 10.2. The summed E-state index contributed by atoms with van der Waals surface area (Å²) in [7, 11) is 1.37. The van der Waals surface area contributed by atoms with Crippen LogP contribution in [0.1, 0.15) is 25.7 Å². The minimum atomic E-state index is -0.301. The number of ether oxygens (including phenoxy) is 1. The number of allylic oxidation sites excluding steroid dienone is 4. The number of esters is 1. The summed E-state index contributed by atoms with van der Waals surface area (Å²) in [6.45, 7) is 3.65. The van der Waals surface area contributed by atoms with E-state index in [0.717, 1.165) is 25.7 Å². The summed E-state index contributed by atoms with van der Waals surface area (Å²) in [4.78, 5) is 10.6. The van der Waals surface area contributed by atoms with Gasteiger partial charge in [0.25, 0.3) is 0 Å². The van der Waals surface area contributed by atoms with Crippen LogP contribution in [0.5, 0.6) is 0 Å². The fourth-order valence-corrected chi connectivity index (χ4v) is 0.905. The van der Waals surface area contributed by atoms with E-state index < -0.39 is 0 Å². The Morgan fingerprint density at radius 3 is 2.71 bits per heavy atom. The van der Waals surface area contributed by atoms with E-state index >= 15 is 0 Å². The number of unbranched alkanes of at least 4 members (excludes halogenated alkanes) is 2. The van der Waals surface area contributed by atoms with Crippen LogP contribution < -0.4 is 0 Å². The highest BCUT2D eigenvalue weighted by Gasteiger charge is 1.87. The highest BCUT2D eigenvalue weighted by molar-refractivity contribution is 5.81. The van der Waals surface area contributed by atoms with Crippen molar-refractivity contribution in [2.75, 3.05) is 7.11 Å². The van der Waals surface area contributed by atoms with Gasteiger partial charge < -0.3 is 4.74 Å². The van der Waals surface area contributed by atoms with E-state index in [1.54, 1.807) is 6.08 Å². The van der Waals surface area contributed by atoms with Crippen LogP contribution in [0, 0.1) is 0 Å². The SMILES string of the molecule is C=CCCCC=CC/C=C/C(=O)OC. The normalized spacial score (nSPS) is 10.9. The van der Waals surface area contributed by atoms with Crippen molar-refractivity contribution in [1.29, 1.82) is 0 Å². The van der Waals surface area contributed by atoms with Crippen LogP contribution in [0.4, 0.5) is 0 Å². The van der Waals surface area contributed by atoms with E-state index in [0.29, 0.717) is 0 Å².